The number of nitrogens with zero attached hydrogens (tertiary/aromatic N) is 6. The fraction of sp³-hybridized carbons (Fsp3) is 0.429. The Hall–Kier alpha value is -5.04. The largest absolute Gasteiger partial charge is 0.496 e. The third kappa shape index (κ3) is 6.17. The zero-order chi connectivity index (χ0) is 33.4. The normalized spacial score (nSPS) is 20.4. The van der Waals surface area contributed by atoms with Gasteiger partial charge in [-0.1, -0.05) is 0 Å². The molecule has 0 aliphatic carbocycles. The van der Waals surface area contributed by atoms with Gasteiger partial charge in [0.05, 0.1) is 19.8 Å². The number of ether oxygens (including phenoxy) is 2. The standard InChI is InChI=1S/C35H40N8O5/c1-41-17-23-16-36-10-6-24(23)25(18-41)22-14-28(47-2)26(29(15-22)48-3)19-42-12-8-35(9-13-42)20-43(21-35)30-7-11-37-32(39-30)34(46)38-27-4-5-31(44)40-33(27)45/h6-7,10-11,14-16,18,27H,4-5,8-9,12-13,17,19-21H2,1-3H3,(H,38,46)(H,40,44,45). The van der Waals surface area contributed by atoms with Crippen LogP contribution in [0, 0.1) is 5.41 Å². The molecule has 1 spiro atoms. The minimum atomic E-state index is -0.774. The van der Waals surface area contributed by atoms with E-state index in [9.17, 15) is 14.4 Å². The zero-order valence-electron chi connectivity index (χ0n) is 27.5. The molecule has 1 atom stereocenters. The zero-order valence-corrected chi connectivity index (χ0v) is 27.5. The third-order valence-corrected chi connectivity index (χ3v) is 9.95. The minimum Gasteiger partial charge on any atom is -0.496 e. The van der Waals surface area contributed by atoms with Crippen molar-refractivity contribution in [3.8, 4) is 11.5 Å². The van der Waals surface area contributed by atoms with Crippen LogP contribution in [0.2, 0.25) is 0 Å². The van der Waals surface area contributed by atoms with E-state index in [4.69, 9.17) is 9.47 Å². The van der Waals surface area contributed by atoms with Crippen LogP contribution >= 0.6 is 0 Å². The Balaban J connectivity index is 0.979. The Morgan fingerprint density at radius 3 is 2.54 bits per heavy atom. The number of likely N-dealkylation sites (tertiary alicyclic amines) is 1. The molecule has 4 aliphatic heterocycles. The summed E-state index contributed by atoms with van der Waals surface area (Å²) in [6.45, 7) is 5.14. The molecule has 3 fully saturated rings. The lowest BCUT2D eigenvalue weighted by Crippen LogP contribution is -2.60. The molecule has 0 saturated carbocycles. The number of methoxy groups -OCH3 is 2. The van der Waals surface area contributed by atoms with Gasteiger partial charge in [0.15, 0.2) is 0 Å². The second kappa shape index (κ2) is 12.9. The third-order valence-electron chi connectivity index (χ3n) is 9.95. The first-order chi connectivity index (χ1) is 23.2. The highest BCUT2D eigenvalue weighted by Crippen LogP contribution is 2.44. The number of imide groups is 1. The first-order valence-electron chi connectivity index (χ1n) is 16.3. The molecular weight excluding hydrogens is 612 g/mol. The number of hydrogen-bond donors (Lipinski definition) is 2. The summed E-state index contributed by atoms with van der Waals surface area (Å²) in [5.41, 5.74) is 5.75. The number of benzene rings is 1. The molecule has 0 radical (unpaired) electrons. The number of pyridine rings is 1. The van der Waals surface area contributed by atoms with E-state index in [1.165, 1.54) is 11.1 Å². The SMILES string of the molecule is COc1cc(C2=CN(C)Cc3cnccc32)cc(OC)c1CN1CCC2(CC1)CN(c1ccnc(C(=O)NC3CCC(=O)NC3=O)n1)C2. The number of carbonyl (C=O) groups is 3. The highest BCUT2D eigenvalue weighted by atomic mass is 16.5. The molecule has 6 heterocycles. The summed E-state index contributed by atoms with van der Waals surface area (Å²) in [5, 5.41) is 4.90. The van der Waals surface area contributed by atoms with Gasteiger partial charge in [-0.15, -0.1) is 0 Å². The molecule has 250 valence electrons. The summed E-state index contributed by atoms with van der Waals surface area (Å²) in [6, 6.07) is 7.33. The monoisotopic (exact) mass is 652 g/mol. The van der Waals surface area contributed by atoms with E-state index in [0.717, 1.165) is 80.3 Å². The smallest absolute Gasteiger partial charge is 0.289 e. The number of fused-ring (bicyclic) bond motifs is 1. The number of hydrogen-bond acceptors (Lipinski definition) is 11. The highest BCUT2D eigenvalue weighted by molar-refractivity contribution is 6.03. The highest BCUT2D eigenvalue weighted by Gasteiger charge is 2.45. The maximum absolute atomic E-state index is 12.8. The van der Waals surface area contributed by atoms with Gasteiger partial charge in [0, 0.05) is 75.4 Å². The van der Waals surface area contributed by atoms with Crippen molar-refractivity contribution < 1.29 is 23.9 Å². The Bertz CT molecular complexity index is 1750. The average Bonchev–Trinajstić information content (AvgIpc) is 3.08. The number of rotatable bonds is 8. The van der Waals surface area contributed by atoms with Crippen molar-refractivity contribution in [2.24, 2.45) is 5.41 Å². The topological polar surface area (TPSA) is 142 Å². The molecular formula is C35H40N8O5. The predicted molar refractivity (Wildman–Crippen MR) is 177 cm³/mol. The van der Waals surface area contributed by atoms with Gasteiger partial charge in [0.25, 0.3) is 5.91 Å². The molecule has 1 unspecified atom stereocenters. The summed E-state index contributed by atoms with van der Waals surface area (Å²) in [7, 11) is 5.50. The van der Waals surface area contributed by atoms with E-state index in [1.54, 1.807) is 20.4 Å². The lowest BCUT2D eigenvalue weighted by Gasteiger charge is -2.54. The van der Waals surface area contributed by atoms with E-state index >= 15 is 0 Å². The minimum absolute atomic E-state index is 0.00916. The van der Waals surface area contributed by atoms with Crippen molar-refractivity contribution in [3.05, 3.63) is 77.1 Å². The average molecular weight is 653 g/mol. The molecule has 13 heteroatoms. The summed E-state index contributed by atoms with van der Waals surface area (Å²) in [5.74, 6) is 0.958. The first kappa shape index (κ1) is 31.6. The fourth-order valence-corrected chi connectivity index (χ4v) is 7.29. The van der Waals surface area contributed by atoms with Crippen molar-refractivity contribution in [3.63, 3.8) is 0 Å². The van der Waals surface area contributed by atoms with Gasteiger partial charge >= 0.3 is 0 Å². The van der Waals surface area contributed by atoms with Gasteiger partial charge in [0.2, 0.25) is 17.6 Å². The Morgan fingerprint density at radius 2 is 1.83 bits per heavy atom. The molecule has 13 nitrogen and oxygen atoms in total. The van der Waals surface area contributed by atoms with Crippen molar-refractivity contribution in [1.82, 2.24) is 35.4 Å². The van der Waals surface area contributed by atoms with E-state index in [0.29, 0.717) is 5.82 Å². The Kier molecular flexibility index (Phi) is 8.46. The summed E-state index contributed by atoms with van der Waals surface area (Å²) < 4.78 is 11.9. The van der Waals surface area contributed by atoms with Crippen LogP contribution in [0.1, 0.15) is 58.6 Å². The van der Waals surface area contributed by atoms with Crippen LogP contribution in [0.25, 0.3) is 5.57 Å². The Labute approximate surface area is 279 Å². The number of carbonyl (C=O) groups excluding carboxylic acids is 3. The molecule has 48 heavy (non-hydrogen) atoms. The quantitative estimate of drug-likeness (QED) is 0.347. The maximum Gasteiger partial charge on any atom is 0.289 e. The molecule has 3 aromatic rings. The van der Waals surface area contributed by atoms with Crippen LogP contribution in [0.3, 0.4) is 0 Å². The van der Waals surface area contributed by atoms with E-state index in [1.807, 2.05) is 18.5 Å². The second-order valence-electron chi connectivity index (χ2n) is 13.2. The lowest BCUT2D eigenvalue weighted by molar-refractivity contribution is -0.134. The second-order valence-corrected chi connectivity index (χ2v) is 13.2. The molecule has 0 bridgehead atoms. The van der Waals surface area contributed by atoms with Crippen molar-refractivity contribution in [1.29, 1.82) is 0 Å². The van der Waals surface area contributed by atoms with Crippen molar-refractivity contribution in [2.75, 3.05) is 52.3 Å². The number of amides is 3. The van der Waals surface area contributed by atoms with Crippen molar-refractivity contribution in [2.45, 2.75) is 44.8 Å². The van der Waals surface area contributed by atoms with Crippen LogP contribution in [-0.2, 0) is 22.7 Å². The molecule has 4 aliphatic rings. The fourth-order valence-electron chi connectivity index (χ4n) is 7.29. The van der Waals surface area contributed by atoms with Crippen LogP contribution in [-0.4, -0.2) is 96.0 Å². The van der Waals surface area contributed by atoms with Gasteiger partial charge in [-0.2, -0.15) is 0 Å². The maximum atomic E-state index is 12.8. The Morgan fingerprint density at radius 1 is 1.08 bits per heavy atom. The van der Waals surface area contributed by atoms with Crippen LogP contribution < -0.4 is 25.0 Å². The summed E-state index contributed by atoms with van der Waals surface area (Å²) in [4.78, 5) is 56.1. The molecule has 2 aromatic heterocycles. The van der Waals surface area contributed by atoms with Gasteiger partial charge < -0.3 is 24.6 Å². The number of anilines is 1. The van der Waals surface area contributed by atoms with Gasteiger partial charge in [-0.3, -0.25) is 29.6 Å². The van der Waals surface area contributed by atoms with E-state index in [-0.39, 0.29) is 30.0 Å². The summed E-state index contributed by atoms with van der Waals surface area (Å²) >= 11 is 0. The molecule has 2 N–H and O–H groups in total. The van der Waals surface area contributed by atoms with Crippen LogP contribution in [0.4, 0.5) is 5.82 Å². The molecule has 1 aromatic carbocycles. The van der Waals surface area contributed by atoms with E-state index < -0.39 is 17.9 Å². The number of piperidine rings is 2. The van der Waals surface area contributed by atoms with Gasteiger partial charge in [-0.25, -0.2) is 9.97 Å². The van der Waals surface area contributed by atoms with Gasteiger partial charge in [-0.05, 0) is 73.3 Å². The van der Waals surface area contributed by atoms with Crippen molar-refractivity contribution >= 4 is 29.1 Å². The van der Waals surface area contributed by atoms with Gasteiger partial charge in [0.1, 0.15) is 23.4 Å². The number of nitrogens with one attached hydrogen (secondary N) is 2. The van der Waals surface area contributed by atoms with Crippen LogP contribution in [0.5, 0.6) is 11.5 Å². The number of aromatic nitrogens is 3. The predicted octanol–water partition coefficient (Wildman–Crippen LogP) is 2.36. The molecule has 3 saturated heterocycles. The molecule has 3 amide bonds. The summed E-state index contributed by atoms with van der Waals surface area (Å²) in [6.07, 6.45) is 10.0. The first-order valence-corrected chi connectivity index (χ1v) is 16.3. The molecule has 7 rings (SSSR count). The van der Waals surface area contributed by atoms with E-state index in [2.05, 4.69) is 71.7 Å². The van der Waals surface area contributed by atoms with Crippen LogP contribution in [0.15, 0.2) is 49.1 Å². The lowest BCUT2D eigenvalue weighted by atomic mass is 9.72.